The lowest BCUT2D eigenvalue weighted by Gasteiger charge is -2.20. The van der Waals surface area contributed by atoms with Gasteiger partial charge in [-0.15, -0.1) is 0 Å². The lowest BCUT2D eigenvalue weighted by atomic mass is 10.1. The molecule has 2 aromatic rings. The number of nitrogens with zero attached hydrogens (tertiary/aromatic N) is 2. The van der Waals surface area contributed by atoms with E-state index < -0.39 is 0 Å². The summed E-state index contributed by atoms with van der Waals surface area (Å²) < 4.78 is 0.861. The Balaban J connectivity index is 1.79. The molecule has 3 rings (SSSR count). The van der Waals surface area contributed by atoms with Crippen LogP contribution in [0.3, 0.4) is 0 Å². The number of anilines is 1. The summed E-state index contributed by atoms with van der Waals surface area (Å²) in [5, 5.41) is 0.504. The zero-order valence-corrected chi connectivity index (χ0v) is 16.2. The molecule has 25 heavy (non-hydrogen) atoms. The fourth-order valence-corrected chi connectivity index (χ4v) is 3.75. The van der Waals surface area contributed by atoms with Crippen LogP contribution in [0.5, 0.6) is 0 Å². The SMILES string of the molecule is CN(C(=O)c1cccc(CN2CCCC2=O)c1)c1ccc(Br)cc1Cl. The van der Waals surface area contributed by atoms with Gasteiger partial charge in [-0.3, -0.25) is 9.59 Å². The van der Waals surface area contributed by atoms with Crippen molar-refractivity contribution in [3.63, 3.8) is 0 Å². The second-order valence-corrected chi connectivity index (χ2v) is 7.40. The van der Waals surface area contributed by atoms with Crippen molar-refractivity contribution in [2.75, 3.05) is 18.5 Å². The Bertz CT molecular complexity index is 825. The van der Waals surface area contributed by atoms with Gasteiger partial charge in [-0.1, -0.05) is 39.7 Å². The number of carbonyl (C=O) groups excluding carboxylic acids is 2. The zero-order valence-electron chi connectivity index (χ0n) is 13.8. The van der Waals surface area contributed by atoms with E-state index in [1.165, 1.54) is 4.90 Å². The molecule has 0 N–H and O–H groups in total. The van der Waals surface area contributed by atoms with Gasteiger partial charge in [0.25, 0.3) is 5.91 Å². The average Bonchev–Trinajstić information content (AvgIpc) is 2.99. The lowest BCUT2D eigenvalue weighted by molar-refractivity contribution is -0.128. The maximum absolute atomic E-state index is 12.8. The quantitative estimate of drug-likeness (QED) is 0.729. The summed E-state index contributed by atoms with van der Waals surface area (Å²) in [4.78, 5) is 28.0. The van der Waals surface area contributed by atoms with Gasteiger partial charge in [0, 0.05) is 36.6 Å². The highest BCUT2D eigenvalue weighted by molar-refractivity contribution is 9.10. The Labute approximate surface area is 160 Å². The van der Waals surface area contributed by atoms with Crippen molar-refractivity contribution in [2.24, 2.45) is 0 Å². The lowest BCUT2D eigenvalue weighted by Crippen LogP contribution is -2.27. The van der Waals surface area contributed by atoms with Gasteiger partial charge in [0.1, 0.15) is 0 Å². The van der Waals surface area contributed by atoms with Crippen LogP contribution in [-0.2, 0) is 11.3 Å². The maximum Gasteiger partial charge on any atom is 0.258 e. The molecule has 0 saturated carbocycles. The molecule has 1 aliphatic heterocycles. The third-order valence-corrected chi connectivity index (χ3v) is 5.09. The van der Waals surface area contributed by atoms with Crippen molar-refractivity contribution < 1.29 is 9.59 Å². The van der Waals surface area contributed by atoms with Crippen LogP contribution >= 0.6 is 27.5 Å². The van der Waals surface area contributed by atoms with Crippen molar-refractivity contribution >= 4 is 45.0 Å². The Morgan fingerprint density at radius 2 is 2.08 bits per heavy atom. The van der Waals surface area contributed by atoms with Crippen LogP contribution in [0.15, 0.2) is 46.9 Å². The van der Waals surface area contributed by atoms with Crippen LogP contribution in [0, 0.1) is 0 Å². The Hall–Kier alpha value is -1.85. The number of amides is 2. The summed E-state index contributed by atoms with van der Waals surface area (Å²) in [5.74, 6) is 0.0364. The van der Waals surface area contributed by atoms with E-state index >= 15 is 0 Å². The van der Waals surface area contributed by atoms with Crippen molar-refractivity contribution in [1.29, 1.82) is 0 Å². The van der Waals surface area contributed by atoms with Crippen LogP contribution in [0.2, 0.25) is 5.02 Å². The number of likely N-dealkylation sites (tertiary alicyclic amines) is 1. The average molecular weight is 422 g/mol. The monoisotopic (exact) mass is 420 g/mol. The molecule has 0 atom stereocenters. The van der Waals surface area contributed by atoms with E-state index in [-0.39, 0.29) is 11.8 Å². The minimum atomic E-state index is -0.140. The Morgan fingerprint density at radius 1 is 1.28 bits per heavy atom. The highest BCUT2D eigenvalue weighted by Crippen LogP contribution is 2.29. The number of hydrogen-bond acceptors (Lipinski definition) is 2. The van der Waals surface area contributed by atoms with Gasteiger partial charge in [0.05, 0.1) is 10.7 Å². The Kier molecular flexibility index (Phi) is 5.45. The summed E-state index contributed by atoms with van der Waals surface area (Å²) >= 11 is 9.61. The van der Waals surface area contributed by atoms with E-state index in [0.29, 0.717) is 29.2 Å². The van der Waals surface area contributed by atoms with Crippen LogP contribution in [0.4, 0.5) is 5.69 Å². The summed E-state index contributed by atoms with van der Waals surface area (Å²) in [6.07, 6.45) is 1.52. The minimum Gasteiger partial charge on any atom is -0.338 e. The second kappa shape index (κ2) is 7.58. The second-order valence-electron chi connectivity index (χ2n) is 6.08. The van der Waals surface area contributed by atoms with Crippen LogP contribution in [0.25, 0.3) is 0 Å². The number of halogens is 2. The molecule has 1 saturated heterocycles. The fourth-order valence-electron chi connectivity index (χ4n) is 2.95. The summed E-state index contributed by atoms with van der Waals surface area (Å²) in [6, 6.07) is 12.8. The number of hydrogen-bond donors (Lipinski definition) is 0. The highest BCUT2D eigenvalue weighted by atomic mass is 79.9. The molecular weight excluding hydrogens is 404 g/mol. The zero-order chi connectivity index (χ0) is 18.0. The smallest absolute Gasteiger partial charge is 0.258 e. The molecule has 0 bridgehead atoms. The summed E-state index contributed by atoms with van der Waals surface area (Å²) in [6.45, 7) is 1.33. The van der Waals surface area contributed by atoms with Gasteiger partial charge in [-0.25, -0.2) is 0 Å². The molecule has 1 aliphatic rings. The first-order valence-electron chi connectivity index (χ1n) is 8.05. The molecule has 0 aromatic heterocycles. The highest BCUT2D eigenvalue weighted by Gasteiger charge is 2.21. The molecule has 1 fully saturated rings. The molecule has 0 aliphatic carbocycles. The van der Waals surface area contributed by atoms with Crippen LogP contribution in [-0.4, -0.2) is 30.3 Å². The molecular formula is C19H18BrClN2O2. The van der Waals surface area contributed by atoms with Gasteiger partial charge < -0.3 is 9.80 Å². The largest absolute Gasteiger partial charge is 0.338 e. The Morgan fingerprint density at radius 3 is 2.76 bits per heavy atom. The number of benzene rings is 2. The van der Waals surface area contributed by atoms with E-state index in [0.717, 1.165) is 23.0 Å². The van der Waals surface area contributed by atoms with Gasteiger partial charge in [0.2, 0.25) is 5.91 Å². The third-order valence-electron chi connectivity index (χ3n) is 4.29. The molecule has 4 nitrogen and oxygen atoms in total. The van der Waals surface area contributed by atoms with Crippen molar-refractivity contribution in [1.82, 2.24) is 4.90 Å². The predicted molar refractivity (Wildman–Crippen MR) is 103 cm³/mol. The topological polar surface area (TPSA) is 40.6 Å². The van der Waals surface area contributed by atoms with Crippen LogP contribution in [0.1, 0.15) is 28.8 Å². The van der Waals surface area contributed by atoms with Crippen molar-refractivity contribution in [3.05, 3.63) is 63.1 Å². The summed E-state index contributed by atoms with van der Waals surface area (Å²) in [5.41, 5.74) is 2.18. The number of carbonyl (C=O) groups is 2. The predicted octanol–water partition coefficient (Wildman–Crippen LogP) is 4.50. The van der Waals surface area contributed by atoms with Crippen LogP contribution < -0.4 is 4.90 Å². The first kappa shape index (κ1) is 18.0. The van der Waals surface area contributed by atoms with Crippen molar-refractivity contribution in [3.8, 4) is 0 Å². The minimum absolute atomic E-state index is 0.140. The molecule has 1 heterocycles. The van der Waals surface area contributed by atoms with Gasteiger partial charge >= 0.3 is 0 Å². The fraction of sp³-hybridized carbons (Fsp3) is 0.263. The van der Waals surface area contributed by atoms with Gasteiger partial charge in [-0.2, -0.15) is 0 Å². The van der Waals surface area contributed by atoms with Gasteiger partial charge in [0.15, 0.2) is 0 Å². The van der Waals surface area contributed by atoms with Gasteiger partial charge in [-0.05, 0) is 42.3 Å². The van der Waals surface area contributed by atoms with E-state index in [9.17, 15) is 9.59 Å². The third kappa shape index (κ3) is 4.05. The molecule has 0 spiro atoms. The number of rotatable bonds is 4. The summed E-state index contributed by atoms with van der Waals surface area (Å²) in [7, 11) is 1.70. The molecule has 130 valence electrons. The van der Waals surface area contributed by atoms with E-state index in [1.807, 2.05) is 29.2 Å². The van der Waals surface area contributed by atoms with E-state index in [4.69, 9.17) is 11.6 Å². The van der Waals surface area contributed by atoms with Crippen molar-refractivity contribution in [2.45, 2.75) is 19.4 Å². The standard InChI is InChI=1S/C19H18BrClN2O2/c1-22(17-8-7-15(20)11-16(17)21)19(25)14-5-2-4-13(10-14)12-23-9-3-6-18(23)24/h2,4-5,7-8,10-11H,3,6,9,12H2,1H3. The van der Waals surface area contributed by atoms with E-state index in [1.54, 1.807) is 25.2 Å². The molecule has 2 amide bonds. The normalized spacial score (nSPS) is 14.0. The maximum atomic E-state index is 12.8. The molecule has 0 radical (unpaired) electrons. The first-order valence-corrected chi connectivity index (χ1v) is 9.22. The molecule has 6 heteroatoms. The first-order chi connectivity index (χ1) is 12.0. The molecule has 0 unspecified atom stereocenters. The van der Waals surface area contributed by atoms with E-state index in [2.05, 4.69) is 15.9 Å². The molecule has 2 aromatic carbocycles.